The van der Waals surface area contributed by atoms with E-state index in [2.05, 4.69) is 0 Å². The van der Waals surface area contributed by atoms with E-state index in [0.29, 0.717) is 11.3 Å². The molecule has 0 amide bonds. The van der Waals surface area contributed by atoms with Crippen LogP contribution in [0.5, 0.6) is 5.75 Å². The largest absolute Gasteiger partial charge is 0.507 e. The van der Waals surface area contributed by atoms with Crippen LogP contribution >= 0.6 is 11.8 Å². The average molecular weight is 260 g/mol. The van der Waals surface area contributed by atoms with Crippen LogP contribution in [-0.4, -0.2) is 16.2 Å². The topological polar surface area (TPSA) is 57.5 Å². The number of benzene rings is 2. The van der Waals surface area contributed by atoms with Crippen LogP contribution in [0.1, 0.15) is 15.9 Å². The molecule has 0 spiro atoms. The Kier molecular flexibility index (Phi) is 3.89. The second kappa shape index (κ2) is 5.60. The molecule has 0 saturated heterocycles. The van der Waals surface area contributed by atoms with E-state index >= 15 is 0 Å². The molecule has 0 aliphatic carbocycles. The Morgan fingerprint density at radius 3 is 2.44 bits per heavy atom. The van der Waals surface area contributed by atoms with E-state index in [1.807, 2.05) is 18.2 Å². The van der Waals surface area contributed by atoms with Gasteiger partial charge in [0.2, 0.25) is 0 Å². The quantitative estimate of drug-likeness (QED) is 0.827. The van der Waals surface area contributed by atoms with Crippen LogP contribution in [0.3, 0.4) is 0 Å². The zero-order valence-electron chi connectivity index (χ0n) is 9.54. The summed E-state index contributed by atoms with van der Waals surface area (Å²) in [5, 5.41) is 18.7. The first-order chi connectivity index (χ1) is 8.68. The van der Waals surface area contributed by atoms with Gasteiger partial charge in [-0.2, -0.15) is 0 Å². The zero-order valence-corrected chi connectivity index (χ0v) is 10.4. The molecule has 0 unspecified atom stereocenters. The van der Waals surface area contributed by atoms with E-state index in [9.17, 15) is 9.90 Å². The average Bonchev–Trinajstić information content (AvgIpc) is 2.38. The third-order valence-electron chi connectivity index (χ3n) is 2.50. The number of para-hydroxylation sites is 1. The number of phenolic OH excluding ortho intramolecular Hbond substituents is 1. The molecule has 0 aliphatic rings. The maximum absolute atomic E-state index is 11.0. The highest BCUT2D eigenvalue weighted by molar-refractivity contribution is 7.98. The van der Waals surface area contributed by atoms with Crippen molar-refractivity contribution in [1.82, 2.24) is 0 Å². The summed E-state index contributed by atoms with van der Waals surface area (Å²) < 4.78 is 0. The second-order valence-electron chi connectivity index (χ2n) is 3.72. The predicted octanol–water partition coefficient (Wildman–Crippen LogP) is 3.38. The van der Waals surface area contributed by atoms with Crippen molar-refractivity contribution in [1.29, 1.82) is 0 Å². The molecule has 0 saturated carbocycles. The Bertz CT molecular complexity index is 566. The van der Waals surface area contributed by atoms with Crippen molar-refractivity contribution in [3.8, 4) is 5.75 Å². The first-order valence-electron chi connectivity index (χ1n) is 5.40. The number of rotatable bonds is 4. The van der Waals surface area contributed by atoms with E-state index in [1.165, 1.54) is 11.8 Å². The van der Waals surface area contributed by atoms with Gasteiger partial charge in [0, 0.05) is 10.6 Å². The molecule has 2 rings (SSSR count). The number of thioether (sulfide) groups is 1. The molecule has 0 radical (unpaired) electrons. The normalized spacial score (nSPS) is 10.2. The Morgan fingerprint density at radius 2 is 1.72 bits per heavy atom. The molecule has 0 atom stereocenters. The molecule has 4 heteroatoms. The smallest absolute Gasteiger partial charge is 0.335 e. The van der Waals surface area contributed by atoms with Gasteiger partial charge >= 0.3 is 5.97 Å². The Labute approximate surface area is 109 Å². The van der Waals surface area contributed by atoms with Crippen molar-refractivity contribution in [2.45, 2.75) is 10.6 Å². The van der Waals surface area contributed by atoms with Crippen LogP contribution in [-0.2, 0) is 5.75 Å². The summed E-state index contributed by atoms with van der Waals surface area (Å²) >= 11 is 1.42. The van der Waals surface area contributed by atoms with Gasteiger partial charge in [0.15, 0.2) is 0 Å². The summed E-state index contributed by atoms with van der Waals surface area (Å²) in [6.07, 6.45) is 0. The lowest BCUT2D eigenvalue weighted by molar-refractivity contribution is 0.0696. The van der Waals surface area contributed by atoms with Crippen LogP contribution in [0.2, 0.25) is 0 Å². The lowest BCUT2D eigenvalue weighted by Crippen LogP contribution is -2.00. The zero-order chi connectivity index (χ0) is 13.0. The summed E-state index contributed by atoms with van der Waals surface area (Å²) in [5.41, 5.74) is 1.05. The molecule has 18 heavy (non-hydrogen) atoms. The van der Waals surface area contributed by atoms with E-state index < -0.39 is 5.97 Å². The van der Waals surface area contributed by atoms with Gasteiger partial charge in [-0.1, -0.05) is 30.3 Å². The highest BCUT2D eigenvalue weighted by Gasteiger charge is 2.09. The molecule has 0 aliphatic heterocycles. The first-order valence-corrected chi connectivity index (χ1v) is 6.39. The van der Waals surface area contributed by atoms with Crippen molar-refractivity contribution in [2.24, 2.45) is 0 Å². The number of hydrogen-bond donors (Lipinski definition) is 2. The third-order valence-corrected chi connectivity index (χ3v) is 3.61. The van der Waals surface area contributed by atoms with Crippen LogP contribution in [0.25, 0.3) is 0 Å². The minimum absolute atomic E-state index is 0.218. The monoisotopic (exact) mass is 260 g/mol. The molecule has 2 aromatic rings. The van der Waals surface area contributed by atoms with Crippen molar-refractivity contribution >= 4 is 17.7 Å². The third kappa shape index (κ3) is 2.84. The lowest BCUT2D eigenvalue weighted by atomic mass is 10.1. The van der Waals surface area contributed by atoms with Crippen LogP contribution in [0.4, 0.5) is 0 Å². The van der Waals surface area contributed by atoms with E-state index in [1.54, 1.807) is 30.3 Å². The molecular formula is C14H12O3S. The lowest BCUT2D eigenvalue weighted by Gasteiger charge is -2.06. The van der Waals surface area contributed by atoms with Gasteiger partial charge < -0.3 is 10.2 Å². The van der Waals surface area contributed by atoms with E-state index in [0.717, 1.165) is 10.5 Å². The van der Waals surface area contributed by atoms with Gasteiger partial charge in [0.25, 0.3) is 0 Å². The highest BCUT2D eigenvalue weighted by atomic mass is 32.2. The number of carboxylic acids is 1. The second-order valence-corrected chi connectivity index (χ2v) is 4.74. The summed E-state index contributed by atoms with van der Waals surface area (Å²) in [7, 11) is 0. The van der Waals surface area contributed by atoms with Crippen LogP contribution in [0.15, 0.2) is 53.4 Å². The standard InChI is InChI=1S/C14H12O3S/c15-12-7-3-4-8-13(12)18-9-10-5-1-2-6-11(10)14(16)17/h1-8,15H,9H2,(H,16,17). The number of carbonyl (C=O) groups is 1. The van der Waals surface area contributed by atoms with Crippen molar-refractivity contribution < 1.29 is 15.0 Å². The molecule has 0 bridgehead atoms. The van der Waals surface area contributed by atoms with Gasteiger partial charge in [-0.15, -0.1) is 11.8 Å². The minimum atomic E-state index is -0.927. The molecule has 3 nitrogen and oxygen atoms in total. The molecule has 92 valence electrons. The highest BCUT2D eigenvalue weighted by Crippen LogP contribution is 2.31. The molecule has 0 heterocycles. The molecular weight excluding hydrogens is 248 g/mol. The number of phenols is 1. The van der Waals surface area contributed by atoms with E-state index in [-0.39, 0.29) is 5.75 Å². The van der Waals surface area contributed by atoms with Crippen LogP contribution in [0, 0.1) is 0 Å². The van der Waals surface area contributed by atoms with Crippen molar-refractivity contribution in [3.63, 3.8) is 0 Å². The minimum Gasteiger partial charge on any atom is -0.507 e. The maximum atomic E-state index is 11.0. The van der Waals surface area contributed by atoms with Crippen molar-refractivity contribution in [2.75, 3.05) is 0 Å². The Hall–Kier alpha value is -1.94. The van der Waals surface area contributed by atoms with Crippen molar-refractivity contribution in [3.05, 3.63) is 59.7 Å². The van der Waals surface area contributed by atoms with Gasteiger partial charge in [0.05, 0.1) is 5.56 Å². The molecule has 0 fully saturated rings. The van der Waals surface area contributed by atoms with Gasteiger partial charge in [-0.3, -0.25) is 0 Å². The number of aromatic hydroxyl groups is 1. The fourth-order valence-electron chi connectivity index (χ4n) is 1.59. The van der Waals surface area contributed by atoms with E-state index in [4.69, 9.17) is 5.11 Å². The maximum Gasteiger partial charge on any atom is 0.335 e. The van der Waals surface area contributed by atoms with Gasteiger partial charge in [-0.05, 0) is 23.8 Å². The number of hydrogen-bond acceptors (Lipinski definition) is 3. The number of aromatic carboxylic acids is 1. The van der Waals surface area contributed by atoms with Gasteiger partial charge in [-0.25, -0.2) is 4.79 Å². The van der Waals surface area contributed by atoms with Crippen LogP contribution < -0.4 is 0 Å². The SMILES string of the molecule is O=C(O)c1ccccc1CSc1ccccc1O. The summed E-state index contributed by atoms with van der Waals surface area (Å²) in [6, 6.07) is 13.9. The fraction of sp³-hybridized carbons (Fsp3) is 0.0714. The Balaban J connectivity index is 2.16. The molecule has 0 aromatic heterocycles. The Morgan fingerprint density at radius 1 is 1.06 bits per heavy atom. The van der Waals surface area contributed by atoms with Gasteiger partial charge in [0.1, 0.15) is 5.75 Å². The summed E-state index contributed by atoms with van der Waals surface area (Å²) in [6.45, 7) is 0. The molecule has 2 aromatic carbocycles. The fourth-order valence-corrected chi connectivity index (χ4v) is 2.54. The summed E-state index contributed by atoms with van der Waals surface area (Å²) in [5.74, 6) is -0.196. The summed E-state index contributed by atoms with van der Waals surface area (Å²) in [4.78, 5) is 11.8. The number of carboxylic acid groups (broad SMARTS) is 1. The molecule has 2 N–H and O–H groups in total. The predicted molar refractivity (Wildman–Crippen MR) is 71.1 cm³/mol. The first kappa shape index (κ1) is 12.5.